The van der Waals surface area contributed by atoms with Crippen LogP contribution in [0.5, 0.6) is 0 Å². The van der Waals surface area contributed by atoms with Gasteiger partial charge in [-0.1, -0.05) is 12.1 Å². The van der Waals surface area contributed by atoms with E-state index in [1.54, 1.807) is 38.1 Å². The van der Waals surface area contributed by atoms with E-state index in [0.717, 1.165) is 0 Å². The van der Waals surface area contributed by atoms with Gasteiger partial charge in [-0.25, -0.2) is 8.42 Å². The first-order valence-corrected chi connectivity index (χ1v) is 5.55. The molecule has 0 spiro atoms. The predicted molar refractivity (Wildman–Crippen MR) is 53.0 cm³/mol. The fourth-order valence-corrected chi connectivity index (χ4v) is 1.43. The topological polar surface area (TPSA) is 46.2 Å². The molecule has 0 unspecified atom stereocenters. The number of hydrogen-bond acceptors (Lipinski definition) is 2. The van der Waals surface area contributed by atoms with E-state index in [1.807, 2.05) is 0 Å². The first-order valence-electron chi connectivity index (χ1n) is 4.00. The van der Waals surface area contributed by atoms with Crippen molar-refractivity contribution in [3.8, 4) is 0 Å². The molecule has 1 N–H and O–H groups in total. The monoisotopic (exact) mass is 198 g/mol. The average molecular weight is 198 g/mol. The normalized spacial score (nSPS) is 11.6. The van der Waals surface area contributed by atoms with Gasteiger partial charge < -0.3 is 0 Å². The van der Waals surface area contributed by atoms with Crippen molar-refractivity contribution >= 4 is 15.7 Å². The molecule has 4 heteroatoms. The van der Waals surface area contributed by atoms with E-state index in [4.69, 9.17) is 0 Å². The molecule has 0 atom stereocenters. The lowest BCUT2D eigenvalue weighted by molar-refractivity contribution is 0.593. The van der Waals surface area contributed by atoms with Crippen LogP contribution in [-0.2, 0) is 10.0 Å². The molecule has 1 radical (unpaired) electrons. The standard InChI is InChI=1S/C9H12NO2S/c1-8(2)13(11,12)10-9-6-4-3-5-7-9/h3-4,6-8,10H,1-2H3. The lowest BCUT2D eigenvalue weighted by atomic mass is 10.3. The van der Waals surface area contributed by atoms with E-state index in [2.05, 4.69) is 10.8 Å². The zero-order valence-corrected chi connectivity index (χ0v) is 8.43. The Bertz CT molecular complexity index is 356. The van der Waals surface area contributed by atoms with Crippen molar-refractivity contribution in [2.24, 2.45) is 0 Å². The second-order valence-electron chi connectivity index (χ2n) is 2.99. The van der Waals surface area contributed by atoms with Crippen molar-refractivity contribution in [1.82, 2.24) is 0 Å². The summed E-state index contributed by atoms with van der Waals surface area (Å²) in [5.74, 6) is 0. The number of anilines is 1. The molecule has 0 heterocycles. The van der Waals surface area contributed by atoms with Crippen molar-refractivity contribution < 1.29 is 8.42 Å². The smallest absolute Gasteiger partial charge is 0.235 e. The van der Waals surface area contributed by atoms with Crippen LogP contribution in [0.4, 0.5) is 5.69 Å². The molecule has 0 aliphatic rings. The summed E-state index contributed by atoms with van der Waals surface area (Å²) in [6.45, 7) is 3.27. The van der Waals surface area contributed by atoms with Gasteiger partial charge in [0.2, 0.25) is 10.0 Å². The van der Waals surface area contributed by atoms with E-state index in [1.165, 1.54) is 0 Å². The fraction of sp³-hybridized carbons (Fsp3) is 0.333. The number of benzene rings is 1. The molecule has 0 aromatic heterocycles. The van der Waals surface area contributed by atoms with Gasteiger partial charge in [0.15, 0.2) is 0 Å². The average Bonchev–Trinajstić information content (AvgIpc) is 2.05. The third kappa shape index (κ3) is 2.73. The maximum absolute atomic E-state index is 11.4. The van der Waals surface area contributed by atoms with Gasteiger partial charge >= 0.3 is 0 Å². The highest BCUT2D eigenvalue weighted by Crippen LogP contribution is 2.09. The van der Waals surface area contributed by atoms with Gasteiger partial charge in [-0.3, -0.25) is 4.72 Å². The number of nitrogens with one attached hydrogen (secondary N) is 1. The summed E-state index contributed by atoms with van der Waals surface area (Å²) in [5.41, 5.74) is 0.552. The first-order chi connectivity index (χ1) is 6.02. The van der Waals surface area contributed by atoms with Crippen molar-refractivity contribution in [1.29, 1.82) is 0 Å². The van der Waals surface area contributed by atoms with E-state index in [0.29, 0.717) is 5.69 Å². The summed E-state index contributed by atoms with van der Waals surface area (Å²) >= 11 is 0. The van der Waals surface area contributed by atoms with Crippen LogP contribution >= 0.6 is 0 Å². The van der Waals surface area contributed by atoms with E-state index in [-0.39, 0.29) is 0 Å². The van der Waals surface area contributed by atoms with Gasteiger partial charge in [0, 0.05) is 5.69 Å². The summed E-state index contributed by atoms with van der Waals surface area (Å²) in [4.78, 5) is 0. The van der Waals surface area contributed by atoms with Crippen LogP contribution in [0.3, 0.4) is 0 Å². The number of sulfonamides is 1. The largest absolute Gasteiger partial charge is 0.283 e. The maximum Gasteiger partial charge on any atom is 0.235 e. The Morgan fingerprint density at radius 2 is 2.15 bits per heavy atom. The number of hydrogen-bond donors (Lipinski definition) is 1. The van der Waals surface area contributed by atoms with Gasteiger partial charge in [-0.05, 0) is 32.0 Å². The molecule has 13 heavy (non-hydrogen) atoms. The highest BCUT2D eigenvalue weighted by atomic mass is 32.2. The summed E-state index contributed by atoms with van der Waals surface area (Å²) in [7, 11) is -3.22. The SMILES string of the molecule is CC(C)S(=O)(=O)Nc1c[c]ccc1. The van der Waals surface area contributed by atoms with Crippen LogP contribution in [0.1, 0.15) is 13.8 Å². The molecule has 1 aromatic carbocycles. The van der Waals surface area contributed by atoms with E-state index in [9.17, 15) is 8.42 Å². The van der Waals surface area contributed by atoms with E-state index >= 15 is 0 Å². The van der Waals surface area contributed by atoms with Gasteiger partial charge in [-0.2, -0.15) is 0 Å². The summed E-state index contributed by atoms with van der Waals surface area (Å²) in [6.07, 6.45) is 0. The molecule has 0 saturated heterocycles. The van der Waals surface area contributed by atoms with Crippen LogP contribution in [0.15, 0.2) is 24.3 Å². The highest BCUT2D eigenvalue weighted by molar-refractivity contribution is 7.93. The van der Waals surface area contributed by atoms with Crippen LogP contribution in [0.25, 0.3) is 0 Å². The van der Waals surface area contributed by atoms with Crippen LogP contribution in [-0.4, -0.2) is 13.7 Å². The van der Waals surface area contributed by atoms with Gasteiger partial charge in [0.25, 0.3) is 0 Å². The van der Waals surface area contributed by atoms with Crippen LogP contribution in [0, 0.1) is 6.07 Å². The molecule has 0 saturated carbocycles. The third-order valence-electron chi connectivity index (χ3n) is 1.59. The Balaban J connectivity index is 2.82. The molecule has 71 valence electrons. The minimum atomic E-state index is -3.22. The lowest BCUT2D eigenvalue weighted by Gasteiger charge is -2.09. The van der Waals surface area contributed by atoms with Gasteiger partial charge in [-0.15, -0.1) is 0 Å². The first kappa shape index (κ1) is 10.1. The lowest BCUT2D eigenvalue weighted by Crippen LogP contribution is -2.22. The second-order valence-corrected chi connectivity index (χ2v) is 5.22. The summed E-state index contributed by atoms with van der Waals surface area (Å²) in [6, 6.07) is 9.53. The minimum Gasteiger partial charge on any atom is -0.283 e. The molecule has 0 aliphatic carbocycles. The molecule has 1 aromatic rings. The van der Waals surface area contributed by atoms with E-state index < -0.39 is 15.3 Å². The molecule has 3 nitrogen and oxygen atoms in total. The molecular formula is C9H12NO2S. The Morgan fingerprint density at radius 1 is 1.46 bits per heavy atom. The Hall–Kier alpha value is -1.03. The molecule has 0 bridgehead atoms. The van der Waals surface area contributed by atoms with Crippen molar-refractivity contribution in [2.75, 3.05) is 4.72 Å². The summed E-state index contributed by atoms with van der Waals surface area (Å²) in [5, 5.41) is -0.423. The summed E-state index contributed by atoms with van der Waals surface area (Å²) < 4.78 is 25.2. The fourth-order valence-electron chi connectivity index (χ4n) is 0.739. The van der Waals surface area contributed by atoms with Crippen molar-refractivity contribution in [3.63, 3.8) is 0 Å². The maximum atomic E-state index is 11.4. The Morgan fingerprint density at radius 3 is 2.62 bits per heavy atom. The third-order valence-corrected chi connectivity index (χ3v) is 3.35. The molecule has 0 amide bonds. The quantitative estimate of drug-likeness (QED) is 0.802. The zero-order chi connectivity index (χ0) is 9.90. The van der Waals surface area contributed by atoms with Crippen LogP contribution in [0.2, 0.25) is 0 Å². The molecule has 0 fully saturated rings. The van der Waals surface area contributed by atoms with Crippen LogP contribution < -0.4 is 4.72 Å². The Labute approximate surface area is 78.8 Å². The minimum absolute atomic E-state index is 0.423. The predicted octanol–water partition coefficient (Wildman–Crippen LogP) is 1.64. The van der Waals surface area contributed by atoms with Gasteiger partial charge in [0.05, 0.1) is 5.25 Å². The van der Waals surface area contributed by atoms with Crippen molar-refractivity contribution in [2.45, 2.75) is 19.1 Å². The highest BCUT2D eigenvalue weighted by Gasteiger charge is 2.14. The van der Waals surface area contributed by atoms with Gasteiger partial charge in [0.1, 0.15) is 0 Å². The molecular weight excluding hydrogens is 186 g/mol. The number of rotatable bonds is 3. The van der Waals surface area contributed by atoms with Crippen molar-refractivity contribution in [3.05, 3.63) is 30.3 Å². The second kappa shape index (κ2) is 3.79. The molecule has 1 rings (SSSR count). The Kier molecular flexibility index (Phi) is 2.93. The zero-order valence-electron chi connectivity index (χ0n) is 7.61. The molecule has 0 aliphatic heterocycles.